The zero-order valence-corrected chi connectivity index (χ0v) is 57.7. The topological polar surface area (TPSA) is 228 Å². The summed E-state index contributed by atoms with van der Waals surface area (Å²) in [6.07, 6.45) is 58.1. The van der Waals surface area contributed by atoms with E-state index in [2.05, 4.69) is 31.3 Å². The molecule has 2 aliphatic rings. The van der Waals surface area contributed by atoms with Crippen LogP contribution >= 0.6 is 0 Å². The minimum atomic E-state index is -1.78. The first-order valence-corrected chi connectivity index (χ1v) is 38.4. The van der Waals surface area contributed by atoms with Crippen LogP contribution in [-0.4, -0.2) is 140 Å². The number of aliphatic hydroxyl groups is 8. The van der Waals surface area contributed by atoms with Gasteiger partial charge >= 0.3 is 0 Å². The molecule has 12 atom stereocenters. The Morgan fingerprint density at radius 2 is 0.708 bits per heavy atom. The molecule has 0 aromatic carbocycles. The Labute approximate surface area is 546 Å². The highest BCUT2D eigenvalue weighted by Crippen LogP contribution is 2.30. The fraction of sp³-hybridized carbons (Fsp3) is 0.960. The lowest BCUT2D eigenvalue weighted by Gasteiger charge is -2.46. The fourth-order valence-corrected chi connectivity index (χ4v) is 13.1. The molecule has 0 aliphatic carbocycles. The molecule has 9 N–H and O–H groups in total. The quantitative estimate of drug-likeness (QED) is 0.0204. The van der Waals surface area contributed by atoms with Gasteiger partial charge in [0.25, 0.3) is 0 Å². The van der Waals surface area contributed by atoms with Crippen LogP contribution < -0.4 is 5.32 Å². The Morgan fingerprint density at radius 3 is 1.07 bits per heavy atom. The zero-order chi connectivity index (χ0) is 64.5. The van der Waals surface area contributed by atoms with E-state index in [1.54, 1.807) is 0 Å². The summed E-state index contributed by atoms with van der Waals surface area (Å²) in [5.74, 6) is -0.197. The number of ether oxygens (including phenoxy) is 4. The van der Waals surface area contributed by atoms with E-state index in [1.165, 1.54) is 289 Å². The molecule has 0 saturated carbocycles. The molecule has 0 spiro atoms. The molecule has 2 aliphatic heterocycles. The van der Waals surface area contributed by atoms with Crippen molar-refractivity contribution in [3.05, 3.63) is 12.2 Å². The summed E-state index contributed by atoms with van der Waals surface area (Å²) >= 11 is 0. The molecule has 2 saturated heterocycles. The highest BCUT2D eigenvalue weighted by atomic mass is 16.7. The summed E-state index contributed by atoms with van der Waals surface area (Å²) in [7, 11) is 0. The van der Waals surface area contributed by atoms with Crippen molar-refractivity contribution in [1.29, 1.82) is 0 Å². The van der Waals surface area contributed by atoms with Gasteiger partial charge in [-0.3, -0.25) is 4.79 Å². The van der Waals surface area contributed by atoms with Gasteiger partial charge in [0.05, 0.1) is 32.0 Å². The van der Waals surface area contributed by atoms with E-state index >= 15 is 0 Å². The molecule has 1 amide bonds. The SMILES string of the molecule is CCCCCCCCCC/C=C\CCCCCCCCCCCCCCCCCCCCCC(=O)NC(COC1OC(CO)C(OC2OC(CO)C(O)C(O)C2O)C(O)C1O)C(O)CCCCCCCCCCCCCCCCCCCCCCCCCC. The minimum Gasteiger partial charge on any atom is -0.394 e. The Kier molecular flexibility index (Phi) is 56.9. The van der Waals surface area contributed by atoms with Crippen LogP contribution in [0, 0.1) is 0 Å². The Balaban J connectivity index is 1.62. The Bertz CT molecular complexity index is 1540. The summed E-state index contributed by atoms with van der Waals surface area (Å²) < 4.78 is 23.0. The lowest BCUT2D eigenvalue weighted by atomic mass is 9.97. The molecule has 0 aromatic rings. The largest absolute Gasteiger partial charge is 0.394 e. The van der Waals surface area contributed by atoms with Gasteiger partial charge in [0.15, 0.2) is 12.6 Å². The van der Waals surface area contributed by atoms with Gasteiger partial charge in [-0.2, -0.15) is 0 Å². The van der Waals surface area contributed by atoms with Gasteiger partial charge in [-0.05, 0) is 38.5 Å². The van der Waals surface area contributed by atoms with Crippen molar-refractivity contribution >= 4 is 5.91 Å². The number of amides is 1. The first-order chi connectivity index (χ1) is 43.6. The number of unbranched alkanes of at least 4 members (excludes halogenated alkanes) is 50. The third kappa shape index (κ3) is 44.2. The van der Waals surface area contributed by atoms with Crippen LogP contribution in [0.4, 0.5) is 0 Å². The Morgan fingerprint density at radius 1 is 0.393 bits per heavy atom. The second-order valence-electron chi connectivity index (χ2n) is 27.5. The van der Waals surface area contributed by atoms with E-state index in [9.17, 15) is 45.6 Å². The van der Waals surface area contributed by atoms with Gasteiger partial charge in [-0.1, -0.05) is 334 Å². The van der Waals surface area contributed by atoms with Gasteiger partial charge in [-0.15, -0.1) is 0 Å². The summed E-state index contributed by atoms with van der Waals surface area (Å²) in [6, 6.07) is -0.826. The van der Waals surface area contributed by atoms with Gasteiger partial charge in [0, 0.05) is 6.42 Å². The predicted molar refractivity (Wildman–Crippen MR) is 365 cm³/mol. The van der Waals surface area contributed by atoms with Crippen LogP contribution in [0.3, 0.4) is 0 Å². The second-order valence-corrected chi connectivity index (χ2v) is 27.5. The number of hydrogen-bond acceptors (Lipinski definition) is 13. The van der Waals surface area contributed by atoms with Crippen LogP contribution in [-0.2, 0) is 23.7 Å². The summed E-state index contributed by atoms with van der Waals surface area (Å²) in [4.78, 5) is 13.4. The number of carbonyl (C=O) groups excluding carboxylic acids is 1. The third-order valence-corrected chi connectivity index (χ3v) is 19.2. The number of nitrogens with one attached hydrogen (secondary N) is 1. The van der Waals surface area contributed by atoms with Gasteiger partial charge in [-0.25, -0.2) is 0 Å². The molecular weight excluding hydrogens is 1120 g/mol. The first kappa shape index (κ1) is 83.8. The standard InChI is InChI=1S/C75H145NO13/c1-3-5-7-9-11-13-15-17-19-21-23-25-27-29-30-31-32-33-34-35-37-39-41-43-45-47-49-51-53-55-57-59-67(80)76-63(62-86-74-72(85)70(83)73(66(61-78)88-74)89-75-71(84)69(82)68(81)65(60-77)87-75)64(79)58-56-54-52-50-48-46-44-42-40-38-36-28-26-24-22-20-18-16-14-12-10-8-6-4-2/h21,23,63-66,68-75,77-79,81-85H,3-20,22,24-62H2,1-2H3,(H,76,80)/b23-21-. The molecule has 14 nitrogen and oxygen atoms in total. The van der Waals surface area contributed by atoms with E-state index in [-0.39, 0.29) is 12.5 Å². The third-order valence-electron chi connectivity index (χ3n) is 19.2. The smallest absolute Gasteiger partial charge is 0.220 e. The van der Waals surface area contributed by atoms with Crippen LogP contribution in [0.1, 0.15) is 367 Å². The van der Waals surface area contributed by atoms with Crippen LogP contribution in [0.15, 0.2) is 12.2 Å². The van der Waals surface area contributed by atoms with Gasteiger partial charge < -0.3 is 65.1 Å². The lowest BCUT2D eigenvalue weighted by molar-refractivity contribution is -0.359. The van der Waals surface area contributed by atoms with Crippen molar-refractivity contribution in [1.82, 2.24) is 5.32 Å². The van der Waals surface area contributed by atoms with Crippen LogP contribution in [0.5, 0.6) is 0 Å². The molecule has 2 fully saturated rings. The van der Waals surface area contributed by atoms with Crippen molar-refractivity contribution < 1.29 is 64.6 Å². The van der Waals surface area contributed by atoms with E-state index in [0.29, 0.717) is 12.8 Å². The molecule has 528 valence electrons. The van der Waals surface area contributed by atoms with E-state index in [4.69, 9.17) is 18.9 Å². The predicted octanol–water partition coefficient (Wildman–Crippen LogP) is 16.5. The maximum Gasteiger partial charge on any atom is 0.220 e. The van der Waals surface area contributed by atoms with Crippen molar-refractivity contribution in [2.45, 2.75) is 441 Å². The van der Waals surface area contributed by atoms with Gasteiger partial charge in [0.1, 0.15) is 48.8 Å². The normalized spacial score (nSPS) is 23.0. The Hall–Kier alpha value is -1.27. The fourth-order valence-electron chi connectivity index (χ4n) is 13.1. The van der Waals surface area contributed by atoms with Crippen molar-refractivity contribution in [3.8, 4) is 0 Å². The summed E-state index contributed by atoms with van der Waals surface area (Å²) in [5, 5.41) is 87.8. The van der Waals surface area contributed by atoms with E-state index in [1.807, 2.05) is 0 Å². The minimum absolute atomic E-state index is 0.197. The van der Waals surface area contributed by atoms with Crippen molar-refractivity contribution in [2.24, 2.45) is 0 Å². The molecule has 12 unspecified atom stereocenters. The second kappa shape index (κ2) is 60.4. The molecular formula is C75H145NO13. The average Bonchev–Trinajstić information content (AvgIpc) is 2.53. The maximum absolute atomic E-state index is 13.4. The maximum atomic E-state index is 13.4. The highest BCUT2D eigenvalue weighted by molar-refractivity contribution is 5.76. The summed E-state index contributed by atoms with van der Waals surface area (Å²) in [6.45, 7) is 2.93. The molecule has 89 heavy (non-hydrogen) atoms. The monoisotopic (exact) mass is 1270 g/mol. The molecule has 14 heteroatoms. The van der Waals surface area contributed by atoms with Gasteiger partial charge in [0.2, 0.25) is 5.91 Å². The van der Waals surface area contributed by atoms with Crippen molar-refractivity contribution in [3.63, 3.8) is 0 Å². The molecule has 2 rings (SSSR count). The number of allylic oxidation sites excluding steroid dienone is 2. The number of hydrogen-bond donors (Lipinski definition) is 9. The summed E-state index contributed by atoms with van der Waals surface area (Å²) in [5.41, 5.74) is 0. The van der Waals surface area contributed by atoms with Crippen LogP contribution in [0.25, 0.3) is 0 Å². The number of rotatable bonds is 65. The zero-order valence-electron chi connectivity index (χ0n) is 57.7. The van der Waals surface area contributed by atoms with E-state index < -0.39 is 86.8 Å². The van der Waals surface area contributed by atoms with Crippen LogP contribution in [0.2, 0.25) is 0 Å². The average molecular weight is 1270 g/mol. The number of aliphatic hydroxyl groups excluding tert-OH is 8. The first-order valence-electron chi connectivity index (χ1n) is 38.4. The molecule has 2 heterocycles. The van der Waals surface area contributed by atoms with Crippen molar-refractivity contribution in [2.75, 3.05) is 19.8 Å². The molecule has 0 bridgehead atoms. The highest BCUT2D eigenvalue weighted by Gasteiger charge is 2.51. The lowest BCUT2D eigenvalue weighted by Crippen LogP contribution is -2.65. The molecule has 0 aromatic heterocycles. The number of carbonyl (C=O) groups is 1. The van der Waals surface area contributed by atoms with E-state index in [0.717, 1.165) is 51.4 Å². The molecule has 0 radical (unpaired) electrons.